The Bertz CT molecular complexity index is 1220. The van der Waals surface area contributed by atoms with Crippen molar-refractivity contribution in [3.63, 3.8) is 0 Å². The molecule has 0 aliphatic rings. The number of benzene rings is 2. The molecule has 4 N–H and O–H groups in total. The number of nitrogens with zero attached hydrogens (tertiary/aromatic N) is 2. The van der Waals surface area contributed by atoms with Gasteiger partial charge < -0.3 is 11.1 Å². The van der Waals surface area contributed by atoms with E-state index < -0.39 is 11.6 Å². The summed E-state index contributed by atoms with van der Waals surface area (Å²) < 4.78 is 0. The molecular formula is C21H17N5O2. The maximum absolute atomic E-state index is 11.7. The first kappa shape index (κ1) is 17.4. The second kappa shape index (κ2) is 7.32. The average Bonchev–Trinajstić information content (AvgIpc) is 2.72. The number of carbonyl (C=O) groups is 1. The molecule has 0 aliphatic heterocycles. The number of fused-ring (bicyclic) bond motifs is 1. The molecule has 7 heteroatoms. The van der Waals surface area contributed by atoms with Crippen molar-refractivity contribution in [2.24, 2.45) is 5.73 Å². The Hall–Kier alpha value is -4.00. The summed E-state index contributed by atoms with van der Waals surface area (Å²) in [5, 5.41) is 3.95. The number of amides is 1. The van der Waals surface area contributed by atoms with E-state index in [2.05, 4.69) is 20.3 Å². The quantitative estimate of drug-likeness (QED) is 0.499. The van der Waals surface area contributed by atoms with Gasteiger partial charge in [0.05, 0.1) is 5.39 Å². The van der Waals surface area contributed by atoms with Crippen LogP contribution < -0.4 is 16.7 Å². The minimum atomic E-state index is -0.449. The van der Waals surface area contributed by atoms with Crippen LogP contribution in [0.4, 0.5) is 5.82 Å². The molecule has 1 amide bonds. The van der Waals surface area contributed by atoms with Crippen LogP contribution in [0.1, 0.15) is 15.9 Å². The summed E-state index contributed by atoms with van der Waals surface area (Å²) in [7, 11) is 0. The van der Waals surface area contributed by atoms with Crippen LogP contribution in [0.2, 0.25) is 0 Å². The minimum absolute atomic E-state index is 0.446. The molecule has 0 saturated heterocycles. The Kier molecular flexibility index (Phi) is 4.55. The monoisotopic (exact) mass is 371 g/mol. The fourth-order valence-electron chi connectivity index (χ4n) is 2.97. The SMILES string of the molecule is NC(=O)c1cccc(-c2ccc(CNc3nc(=O)[nH]c4ncccc34)cc2)c1. The number of rotatable bonds is 5. The number of aromatic amines is 1. The zero-order valence-corrected chi connectivity index (χ0v) is 14.8. The molecule has 0 radical (unpaired) electrons. The van der Waals surface area contributed by atoms with Gasteiger partial charge in [0.15, 0.2) is 0 Å². The van der Waals surface area contributed by atoms with Crippen molar-refractivity contribution >= 4 is 22.8 Å². The van der Waals surface area contributed by atoms with Crippen molar-refractivity contribution in [3.8, 4) is 11.1 Å². The smallest absolute Gasteiger partial charge is 0.348 e. The first-order chi connectivity index (χ1) is 13.6. The zero-order valence-electron chi connectivity index (χ0n) is 14.8. The minimum Gasteiger partial charge on any atom is -0.366 e. The molecule has 0 saturated carbocycles. The molecule has 4 aromatic rings. The third-order valence-electron chi connectivity index (χ3n) is 4.40. The second-order valence-corrected chi connectivity index (χ2v) is 6.29. The lowest BCUT2D eigenvalue weighted by atomic mass is 10.0. The normalized spacial score (nSPS) is 10.7. The molecule has 2 heterocycles. The molecule has 0 fully saturated rings. The average molecular weight is 371 g/mol. The molecule has 0 bridgehead atoms. The first-order valence-electron chi connectivity index (χ1n) is 8.68. The Balaban J connectivity index is 1.54. The van der Waals surface area contributed by atoms with Gasteiger partial charge in [-0.05, 0) is 41.0 Å². The van der Waals surface area contributed by atoms with E-state index in [0.29, 0.717) is 23.6 Å². The molecular weight excluding hydrogens is 354 g/mol. The molecule has 4 rings (SSSR count). The first-order valence-corrected chi connectivity index (χ1v) is 8.68. The highest BCUT2D eigenvalue weighted by atomic mass is 16.1. The third kappa shape index (κ3) is 3.59. The molecule has 2 aromatic heterocycles. The fourth-order valence-corrected chi connectivity index (χ4v) is 2.97. The van der Waals surface area contributed by atoms with Gasteiger partial charge in [0, 0.05) is 18.3 Å². The van der Waals surface area contributed by atoms with Gasteiger partial charge in [-0.3, -0.25) is 9.78 Å². The van der Waals surface area contributed by atoms with E-state index in [4.69, 9.17) is 5.73 Å². The number of carbonyl (C=O) groups excluding carboxylic acids is 1. The molecule has 0 spiro atoms. The largest absolute Gasteiger partial charge is 0.366 e. The van der Waals surface area contributed by atoms with Crippen LogP contribution in [0.5, 0.6) is 0 Å². The van der Waals surface area contributed by atoms with E-state index in [-0.39, 0.29) is 0 Å². The summed E-state index contributed by atoms with van der Waals surface area (Å²) in [6, 6.07) is 18.8. The maximum Gasteiger partial charge on any atom is 0.348 e. The summed E-state index contributed by atoms with van der Waals surface area (Å²) in [5.41, 5.74) is 8.80. The van der Waals surface area contributed by atoms with Gasteiger partial charge >= 0.3 is 5.69 Å². The summed E-state index contributed by atoms with van der Waals surface area (Å²) >= 11 is 0. The van der Waals surface area contributed by atoms with E-state index in [9.17, 15) is 9.59 Å². The highest BCUT2D eigenvalue weighted by Crippen LogP contribution is 2.22. The lowest BCUT2D eigenvalue weighted by Crippen LogP contribution is -2.14. The van der Waals surface area contributed by atoms with Crippen LogP contribution in [0, 0.1) is 0 Å². The fraction of sp³-hybridized carbons (Fsp3) is 0.0476. The van der Waals surface area contributed by atoms with Crippen molar-refractivity contribution in [1.29, 1.82) is 0 Å². The topological polar surface area (TPSA) is 114 Å². The van der Waals surface area contributed by atoms with E-state index in [0.717, 1.165) is 22.1 Å². The van der Waals surface area contributed by atoms with Gasteiger partial charge in [-0.1, -0.05) is 36.4 Å². The number of anilines is 1. The Labute approximate surface area is 160 Å². The summed E-state index contributed by atoms with van der Waals surface area (Å²) in [5.74, 6) is 0.0415. The molecule has 138 valence electrons. The third-order valence-corrected chi connectivity index (χ3v) is 4.40. The van der Waals surface area contributed by atoms with E-state index in [1.807, 2.05) is 42.5 Å². The second-order valence-electron chi connectivity index (χ2n) is 6.29. The van der Waals surface area contributed by atoms with Crippen LogP contribution in [0.15, 0.2) is 71.7 Å². The zero-order chi connectivity index (χ0) is 19.5. The lowest BCUT2D eigenvalue weighted by molar-refractivity contribution is 0.100. The molecule has 2 aromatic carbocycles. The Morgan fingerprint density at radius 3 is 2.64 bits per heavy atom. The van der Waals surface area contributed by atoms with Gasteiger partial charge in [-0.2, -0.15) is 4.98 Å². The molecule has 0 unspecified atom stereocenters. The van der Waals surface area contributed by atoms with Crippen LogP contribution >= 0.6 is 0 Å². The molecule has 0 atom stereocenters. The van der Waals surface area contributed by atoms with Gasteiger partial charge in [-0.15, -0.1) is 0 Å². The van der Waals surface area contributed by atoms with Crippen LogP contribution in [-0.2, 0) is 6.54 Å². The Morgan fingerprint density at radius 2 is 1.86 bits per heavy atom. The lowest BCUT2D eigenvalue weighted by Gasteiger charge is -2.09. The van der Waals surface area contributed by atoms with Crippen LogP contribution in [0.3, 0.4) is 0 Å². The van der Waals surface area contributed by atoms with Crippen molar-refractivity contribution in [2.75, 3.05) is 5.32 Å². The highest BCUT2D eigenvalue weighted by molar-refractivity contribution is 5.94. The molecule has 0 aliphatic carbocycles. The molecule has 7 nitrogen and oxygen atoms in total. The number of pyridine rings is 1. The number of nitrogens with two attached hydrogens (primary N) is 1. The van der Waals surface area contributed by atoms with Gasteiger partial charge in [0.25, 0.3) is 0 Å². The van der Waals surface area contributed by atoms with E-state index in [1.165, 1.54) is 0 Å². The maximum atomic E-state index is 11.7. The number of aromatic nitrogens is 3. The van der Waals surface area contributed by atoms with Crippen LogP contribution in [-0.4, -0.2) is 20.9 Å². The van der Waals surface area contributed by atoms with E-state index >= 15 is 0 Å². The summed E-state index contributed by atoms with van der Waals surface area (Å²) in [6.07, 6.45) is 1.62. The van der Waals surface area contributed by atoms with Crippen molar-refractivity contribution < 1.29 is 4.79 Å². The van der Waals surface area contributed by atoms with Gasteiger partial charge in [-0.25, -0.2) is 9.78 Å². The van der Waals surface area contributed by atoms with E-state index in [1.54, 1.807) is 24.4 Å². The standard InChI is InChI=1S/C21H17N5O2/c22-18(27)16-4-1-3-15(11-16)14-8-6-13(7-9-14)12-24-20-17-5-2-10-23-19(17)25-21(28)26-20/h1-11H,12H2,(H2,22,27)(H2,23,24,25,26,28). The number of hydrogen-bond acceptors (Lipinski definition) is 5. The van der Waals surface area contributed by atoms with Gasteiger partial charge in [0.1, 0.15) is 11.5 Å². The summed E-state index contributed by atoms with van der Waals surface area (Å²) in [6.45, 7) is 0.502. The number of H-pyrrole nitrogens is 1. The predicted molar refractivity (Wildman–Crippen MR) is 108 cm³/mol. The van der Waals surface area contributed by atoms with Crippen molar-refractivity contribution in [3.05, 3.63) is 88.5 Å². The number of nitrogens with one attached hydrogen (secondary N) is 2. The highest BCUT2D eigenvalue weighted by Gasteiger charge is 2.06. The van der Waals surface area contributed by atoms with Crippen molar-refractivity contribution in [1.82, 2.24) is 15.0 Å². The molecule has 28 heavy (non-hydrogen) atoms. The van der Waals surface area contributed by atoms with Gasteiger partial charge in [0.2, 0.25) is 5.91 Å². The Morgan fingerprint density at radius 1 is 1.04 bits per heavy atom. The number of primary amides is 1. The summed E-state index contributed by atoms with van der Waals surface area (Å²) in [4.78, 5) is 33.8. The van der Waals surface area contributed by atoms with Crippen LogP contribution in [0.25, 0.3) is 22.2 Å². The number of hydrogen-bond donors (Lipinski definition) is 3. The predicted octanol–water partition coefficient (Wildman–Crippen LogP) is 2.70. The van der Waals surface area contributed by atoms with Crippen molar-refractivity contribution in [2.45, 2.75) is 6.54 Å².